The van der Waals surface area contributed by atoms with Crippen LogP contribution in [0.2, 0.25) is 0 Å². The fourth-order valence-electron chi connectivity index (χ4n) is 2.19. The number of rotatable bonds is 5. The van der Waals surface area contributed by atoms with Gasteiger partial charge in [0.05, 0.1) is 12.0 Å². The van der Waals surface area contributed by atoms with Gasteiger partial charge in [-0.2, -0.15) is 0 Å². The molecule has 1 amide bonds. The summed E-state index contributed by atoms with van der Waals surface area (Å²) < 4.78 is 5.52. The molecular formula is C13H23NO4. The molecule has 5 nitrogen and oxygen atoms in total. The Morgan fingerprint density at radius 1 is 1.28 bits per heavy atom. The van der Waals surface area contributed by atoms with Gasteiger partial charge in [-0.05, 0) is 19.8 Å². The Morgan fingerprint density at radius 3 is 2.28 bits per heavy atom. The third-order valence-electron chi connectivity index (χ3n) is 3.69. The number of carbonyl (C=O) groups is 2. The minimum atomic E-state index is -0.917. The number of hydrogen-bond acceptors (Lipinski definition) is 3. The zero-order valence-corrected chi connectivity index (χ0v) is 11.4. The third kappa shape index (κ3) is 3.70. The van der Waals surface area contributed by atoms with Gasteiger partial charge in [0, 0.05) is 25.6 Å². The van der Waals surface area contributed by atoms with Crippen molar-refractivity contribution in [3.63, 3.8) is 0 Å². The molecule has 0 aromatic rings. The number of carboxylic acid groups (broad SMARTS) is 1. The van der Waals surface area contributed by atoms with Crippen LogP contribution in [-0.2, 0) is 14.3 Å². The second-order valence-corrected chi connectivity index (χ2v) is 4.90. The van der Waals surface area contributed by atoms with Gasteiger partial charge in [-0.1, -0.05) is 13.8 Å². The molecule has 0 aliphatic carbocycles. The van der Waals surface area contributed by atoms with Crippen LogP contribution in [0, 0.1) is 11.8 Å². The first kappa shape index (κ1) is 15.0. The molecule has 1 aliphatic rings. The third-order valence-corrected chi connectivity index (χ3v) is 3.69. The lowest BCUT2D eigenvalue weighted by Crippen LogP contribution is -2.45. The number of amides is 1. The Labute approximate surface area is 108 Å². The molecule has 5 heteroatoms. The van der Waals surface area contributed by atoms with E-state index in [1.54, 1.807) is 18.7 Å². The van der Waals surface area contributed by atoms with Crippen molar-refractivity contribution < 1.29 is 19.4 Å². The highest BCUT2D eigenvalue weighted by atomic mass is 16.5. The maximum absolute atomic E-state index is 12.1. The SMILES string of the molecule is CCOC1CCN(C(=O)C(C)C(C)C(=O)O)CC1. The molecule has 1 N–H and O–H groups in total. The Bertz CT molecular complexity index is 297. The van der Waals surface area contributed by atoms with E-state index in [-0.39, 0.29) is 12.0 Å². The van der Waals surface area contributed by atoms with Crippen LogP contribution in [0.1, 0.15) is 33.6 Å². The predicted molar refractivity (Wildman–Crippen MR) is 67.2 cm³/mol. The molecule has 2 atom stereocenters. The van der Waals surface area contributed by atoms with E-state index in [2.05, 4.69) is 0 Å². The van der Waals surface area contributed by atoms with E-state index in [0.717, 1.165) is 12.8 Å². The van der Waals surface area contributed by atoms with Gasteiger partial charge in [-0.25, -0.2) is 0 Å². The van der Waals surface area contributed by atoms with Gasteiger partial charge < -0.3 is 14.7 Å². The molecule has 0 bridgehead atoms. The zero-order valence-electron chi connectivity index (χ0n) is 11.4. The molecule has 104 valence electrons. The molecular weight excluding hydrogens is 234 g/mol. The Morgan fingerprint density at radius 2 is 1.83 bits per heavy atom. The quantitative estimate of drug-likeness (QED) is 0.807. The summed E-state index contributed by atoms with van der Waals surface area (Å²) in [6.07, 6.45) is 1.92. The first-order valence-corrected chi connectivity index (χ1v) is 6.60. The van der Waals surface area contributed by atoms with Gasteiger partial charge in [0.2, 0.25) is 5.91 Å². The standard InChI is InChI=1S/C13H23NO4/c1-4-18-11-5-7-14(8-6-11)12(15)9(2)10(3)13(16)17/h9-11H,4-8H2,1-3H3,(H,16,17). The van der Waals surface area contributed by atoms with Gasteiger partial charge in [0.1, 0.15) is 0 Å². The summed E-state index contributed by atoms with van der Waals surface area (Å²) in [5.74, 6) is -2.08. The van der Waals surface area contributed by atoms with Crippen molar-refractivity contribution in [1.29, 1.82) is 0 Å². The van der Waals surface area contributed by atoms with Crippen LogP contribution in [0.3, 0.4) is 0 Å². The highest BCUT2D eigenvalue weighted by Crippen LogP contribution is 2.19. The van der Waals surface area contributed by atoms with Crippen molar-refractivity contribution in [2.24, 2.45) is 11.8 Å². The highest BCUT2D eigenvalue weighted by Gasteiger charge is 2.31. The van der Waals surface area contributed by atoms with Crippen molar-refractivity contribution in [3.8, 4) is 0 Å². The van der Waals surface area contributed by atoms with Crippen molar-refractivity contribution in [2.45, 2.75) is 39.7 Å². The second-order valence-electron chi connectivity index (χ2n) is 4.90. The Kier molecular flexibility index (Phi) is 5.59. The summed E-state index contributed by atoms with van der Waals surface area (Å²) in [5.41, 5.74) is 0. The van der Waals surface area contributed by atoms with Crippen LogP contribution in [0.5, 0.6) is 0 Å². The summed E-state index contributed by atoms with van der Waals surface area (Å²) in [6.45, 7) is 7.27. The summed E-state index contributed by atoms with van der Waals surface area (Å²) in [7, 11) is 0. The van der Waals surface area contributed by atoms with Crippen LogP contribution >= 0.6 is 0 Å². The van der Waals surface area contributed by atoms with Crippen LogP contribution in [0.25, 0.3) is 0 Å². The summed E-state index contributed by atoms with van der Waals surface area (Å²) in [4.78, 5) is 24.8. The van der Waals surface area contributed by atoms with E-state index in [1.165, 1.54) is 0 Å². The molecule has 1 saturated heterocycles. The number of carboxylic acids is 1. The van der Waals surface area contributed by atoms with Crippen molar-refractivity contribution in [1.82, 2.24) is 4.90 Å². The highest BCUT2D eigenvalue weighted by molar-refractivity contribution is 5.84. The molecule has 1 aliphatic heterocycles. The number of likely N-dealkylation sites (tertiary alicyclic amines) is 1. The molecule has 0 aromatic heterocycles. The fourth-order valence-corrected chi connectivity index (χ4v) is 2.19. The average Bonchev–Trinajstić information content (AvgIpc) is 2.37. The van der Waals surface area contributed by atoms with Crippen LogP contribution in [0.4, 0.5) is 0 Å². The first-order chi connectivity index (χ1) is 8.47. The minimum Gasteiger partial charge on any atom is -0.481 e. The van der Waals surface area contributed by atoms with E-state index in [4.69, 9.17) is 9.84 Å². The fraction of sp³-hybridized carbons (Fsp3) is 0.846. The van der Waals surface area contributed by atoms with E-state index in [0.29, 0.717) is 19.7 Å². The largest absolute Gasteiger partial charge is 0.481 e. The Balaban J connectivity index is 2.47. The van der Waals surface area contributed by atoms with Crippen molar-refractivity contribution in [3.05, 3.63) is 0 Å². The number of piperidine rings is 1. The maximum Gasteiger partial charge on any atom is 0.307 e. The topological polar surface area (TPSA) is 66.8 Å². The molecule has 0 aromatic carbocycles. The molecule has 0 saturated carbocycles. The number of hydrogen-bond donors (Lipinski definition) is 1. The molecule has 18 heavy (non-hydrogen) atoms. The molecule has 2 unspecified atom stereocenters. The van der Waals surface area contributed by atoms with Crippen molar-refractivity contribution >= 4 is 11.9 Å². The van der Waals surface area contributed by atoms with Gasteiger partial charge in [-0.15, -0.1) is 0 Å². The van der Waals surface area contributed by atoms with E-state index >= 15 is 0 Å². The number of carbonyl (C=O) groups excluding carboxylic acids is 1. The van der Waals surface area contributed by atoms with Gasteiger partial charge >= 0.3 is 5.97 Å². The van der Waals surface area contributed by atoms with Gasteiger partial charge in [0.25, 0.3) is 0 Å². The normalized spacial score (nSPS) is 20.5. The molecule has 1 fully saturated rings. The number of aliphatic carboxylic acids is 1. The minimum absolute atomic E-state index is 0.0557. The monoisotopic (exact) mass is 257 g/mol. The predicted octanol–water partition coefficient (Wildman–Crippen LogP) is 1.37. The maximum atomic E-state index is 12.1. The van der Waals surface area contributed by atoms with E-state index in [1.807, 2.05) is 6.92 Å². The van der Waals surface area contributed by atoms with E-state index in [9.17, 15) is 9.59 Å². The van der Waals surface area contributed by atoms with Gasteiger partial charge in [-0.3, -0.25) is 9.59 Å². The molecule has 0 spiro atoms. The van der Waals surface area contributed by atoms with Crippen molar-refractivity contribution in [2.75, 3.05) is 19.7 Å². The Hall–Kier alpha value is -1.10. The van der Waals surface area contributed by atoms with Crippen LogP contribution in [-0.4, -0.2) is 47.7 Å². The average molecular weight is 257 g/mol. The van der Waals surface area contributed by atoms with Crippen LogP contribution < -0.4 is 0 Å². The van der Waals surface area contributed by atoms with Crippen LogP contribution in [0.15, 0.2) is 0 Å². The summed E-state index contributed by atoms with van der Waals surface area (Å²) in [5, 5.41) is 8.92. The second kappa shape index (κ2) is 6.73. The smallest absolute Gasteiger partial charge is 0.307 e. The van der Waals surface area contributed by atoms with Gasteiger partial charge in [0.15, 0.2) is 0 Å². The lowest BCUT2D eigenvalue weighted by Gasteiger charge is -2.34. The summed E-state index contributed by atoms with van der Waals surface area (Å²) in [6, 6.07) is 0. The number of nitrogens with zero attached hydrogens (tertiary/aromatic N) is 1. The lowest BCUT2D eigenvalue weighted by molar-refractivity contribution is -0.150. The molecule has 0 radical (unpaired) electrons. The molecule has 1 heterocycles. The summed E-state index contributed by atoms with van der Waals surface area (Å²) >= 11 is 0. The molecule has 1 rings (SSSR count). The lowest BCUT2D eigenvalue weighted by atomic mass is 9.93. The van der Waals surface area contributed by atoms with E-state index < -0.39 is 17.8 Å². The number of ether oxygens (including phenoxy) is 1. The zero-order chi connectivity index (χ0) is 13.7. The first-order valence-electron chi connectivity index (χ1n) is 6.60.